The number of nitrogens with zero attached hydrogens (tertiary/aromatic N) is 1. The molecular formula is C16H32N2. The van der Waals surface area contributed by atoms with Crippen LogP contribution in [0, 0.1) is 17.3 Å². The average Bonchev–Trinajstić information content (AvgIpc) is 3.04. The van der Waals surface area contributed by atoms with Crippen molar-refractivity contribution in [2.24, 2.45) is 17.3 Å². The minimum atomic E-state index is 0.486. The Morgan fingerprint density at radius 3 is 2.50 bits per heavy atom. The maximum atomic E-state index is 3.82. The predicted octanol–water partition coefficient (Wildman–Crippen LogP) is 3.13. The fraction of sp³-hybridized carbons (Fsp3) is 1.00. The zero-order valence-electron chi connectivity index (χ0n) is 12.8. The Bertz CT molecular complexity index is 258. The van der Waals surface area contributed by atoms with Gasteiger partial charge in [-0.1, -0.05) is 20.8 Å². The Morgan fingerprint density at radius 2 is 1.89 bits per heavy atom. The third-order valence-corrected chi connectivity index (χ3v) is 4.90. The van der Waals surface area contributed by atoms with Gasteiger partial charge in [-0.25, -0.2) is 0 Å². The van der Waals surface area contributed by atoms with E-state index in [1.807, 2.05) is 0 Å². The fourth-order valence-corrected chi connectivity index (χ4v) is 3.67. The Morgan fingerprint density at radius 1 is 1.17 bits per heavy atom. The van der Waals surface area contributed by atoms with Gasteiger partial charge in [-0.2, -0.15) is 0 Å². The third kappa shape index (κ3) is 3.71. The molecule has 0 saturated heterocycles. The van der Waals surface area contributed by atoms with Crippen LogP contribution in [0.15, 0.2) is 0 Å². The summed E-state index contributed by atoms with van der Waals surface area (Å²) < 4.78 is 0. The number of nitrogens with one attached hydrogen (secondary N) is 1. The average molecular weight is 252 g/mol. The van der Waals surface area contributed by atoms with Crippen LogP contribution in [0.25, 0.3) is 0 Å². The molecule has 0 aliphatic heterocycles. The van der Waals surface area contributed by atoms with Crippen LogP contribution in [0.1, 0.15) is 52.9 Å². The second-order valence-corrected chi connectivity index (χ2v) is 7.38. The summed E-state index contributed by atoms with van der Waals surface area (Å²) in [5, 5.41) is 3.82. The Hall–Kier alpha value is -0.0800. The summed E-state index contributed by atoms with van der Waals surface area (Å²) in [5.41, 5.74) is 0.486. The van der Waals surface area contributed by atoms with Crippen molar-refractivity contribution < 1.29 is 0 Å². The van der Waals surface area contributed by atoms with Gasteiger partial charge in [0.15, 0.2) is 0 Å². The molecule has 2 atom stereocenters. The van der Waals surface area contributed by atoms with Gasteiger partial charge < -0.3 is 10.2 Å². The molecule has 2 fully saturated rings. The molecular weight excluding hydrogens is 220 g/mol. The van der Waals surface area contributed by atoms with E-state index in [1.54, 1.807) is 0 Å². The van der Waals surface area contributed by atoms with E-state index in [1.165, 1.54) is 51.7 Å². The molecule has 0 bridgehead atoms. The molecule has 2 saturated carbocycles. The van der Waals surface area contributed by atoms with Gasteiger partial charge >= 0.3 is 0 Å². The highest BCUT2D eigenvalue weighted by molar-refractivity contribution is 4.97. The molecule has 2 rings (SSSR count). The quantitative estimate of drug-likeness (QED) is 0.749. The molecule has 0 aromatic carbocycles. The zero-order chi connectivity index (χ0) is 13.2. The topological polar surface area (TPSA) is 15.3 Å². The highest BCUT2D eigenvalue weighted by Crippen LogP contribution is 2.42. The van der Waals surface area contributed by atoms with Crippen molar-refractivity contribution in [3.63, 3.8) is 0 Å². The van der Waals surface area contributed by atoms with Crippen LogP contribution in [0.5, 0.6) is 0 Å². The van der Waals surface area contributed by atoms with Crippen molar-refractivity contribution in [1.29, 1.82) is 0 Å². The number of rotatable bonds is 7. The summed E-state index contributed by atoms with van der Waals surface area (Å²) in [7, 11) is 2.32. The smallest absolute Gasteiger partial charge is 0.0159 e. The zero-order valence-corrected chi connectivity index (χ0v) is 12.8. The summed E-state index contributed by atoms with van der Waals surface area (Å²) in [6, 6.07) is 0.721. The van der Waals surface area contributed by atoms with Crippen LogP contribution in [0.4, 0.5) is 0 Å². The van der Waals surface area contributed by atoms with Crippen molar-refractivity contribution in [2.75, 3.05) is 26.7 Å². The molecule has 0 heterocycles. The molecule has 2 aliphatic rings. The molecule has 0 aromatic rings. The van der Waals surface area contributed by atoms with Gasteiger partial charge in [-0.3, -0.25) is 0 Å². The maximum absolute atomic E-state index is 3.82. The Kier molecular flexibility index (Phi) is 4.71. The second-order valence-electron chi connectivity index (χ2n) is 7.38. The SMILES string of the molecule is CCCNC1C(CN(C)CC2CC2)CCC1(C)C. The van der Waals surface area contributed by atoms with Crippen LogP contribution >= 0.6 is 0 Å². The van der Waals surface area contributed by atoms with Gasteiger partial charge in [0.2, 0.25) is 0 Å². The van der Waals surface area contributed by atoms with Crippen LogP contribution < -0.4 is 5.32 Å². The van der Waals surface area contributed by atoms with Crippen LogP contribution in [0.3, 0.4) is 0 Å². The molecule has 0 aromatic heterocycles. The first-order valence-corrected chi connectivity index (χ1v) is 7.95. The Balaban J connectivity index is 1.84. The van der Waals surface area contributed by atoms with E-state index in [0.29, 0.717) is 5.41 Å². The lowest BCUT2D eigenvalue weighted by atomic mass is 9.84. The minimum absolute atomic E-state index is 0.486. The Labute approximate surface area is 114 Å². The van der Waals surface area contributed by atoms with Crippen LogP contribution in [-0.4, -0.2) is 37.6 Å². The molecule has 2 nitrogen and oxygen atoms in total. The number of hydrogen-bond acceptors (Lipinski definition) is 2. The van der Waals surface area contributed by atoms with Crippen LogP contribution in [-0.2, 0) is 0 Å². The molecule has 18 heavy (non-hydrogen) atoms. The summed E-state index contributed by atoms with van der Waals surface area (Å²) in [6.07, 6.45) is 6.98. The molecule has 2 aliphatic carbocycles. The van der Waals surface area contributed by atoms with Crippen molar-refractivity contribution in [3.05, 3.63) is 0 Å². The van der Waals surface area contributed by atoms with Crippen molar-refractivity contribution in [1.82, 2.24) is 10.2 Å². The van der Waals surface area contributed by atoms with Gasteiger partial charge in [0.25, 0.3) is 0 Å². The van der Waals surface area contributed by atoms with Gasteiger partial charge in [0, 0.05) is 19.1 Å². The molecule has 2 heteroatoms. The molecule has 0 radical (unpaired) electrons. The van der Waals surface area contributed by atoms with E-state index in [2.05, 4.69) is 38.0 Å². The highest BCUT2D eigenvalue weighted by atomic mass is 15.1. The monoisotopic (exact) mass is 252 g/mol. The standard InChI is InChI=1S/C16H32N2/c1-5-10-17-15-14(8-9-16(15,2)3)12-18(4)11-13-6-7-13/h13-15,17H,5-12H2,1-4H3. The normalized spacial score (nSPS) is 31.2. The molecule has 0 amide bonds. The molecule has 106 valence electrons. The minimum Gasteiger partial charge on any atom is -0.313 e. The summed E-state index contributed by atoms with van der Waals surface area (Å²) >= 11 is 0. The van der Waals surface area contributed by atoms with Gasteiger partial charge in [-0.15, -0.1) is 0 Å². The molecule has 0 spiro atoms. The van der Waals surface area contributed by atoms with Crippen molar-refractivity contribution in [2.45, 2.75) is 58.9 Å². The third-order valence-electron chi connectivity index (χ3n) is 4.90. The fourth-order valence-electron chi connectivity index (χ4n) is 3.67. The van der Waals surface area contributed by atoms with Crippen LogP contribution in [0.2, 0.25) is 0 Å². The molecule has 1 N–H and O–H groups in total. The van der Waals surface area contributed by atoms with Crippen molar-refractivity contribution in [3.8, 4) is 0 Å². The largest absolute Gasteiger partial charge is 0.313 e. The first-order chi connectivity index (χ1) is 8.53. The summed E-state index contributed by atoms with van der Waals surface area (Å²) in [6.45, 7) is 11.0. The van der Waals surface area contributed by atoms with Gasteiger partial charge in [0.1, 0.15) is 0 Å². The van der Waals surface area contributed by atoms with E-state index < -0.39 is 0 Å². The first kappa shape index (κ1) is 14.3. The highest BCUT2D eigenvalue weighted by Gasteiger charge is 2.41. The van der Waals surface area contributed by atoms with E-state index >= 15 is 0 Å². The summed E-state index contributed by atoms with van der Waals surface area (Å²) in [4.78, 5) is 2.59. The van der Waals surface area contributed by atoms with Gasteiger partial charge in [-0.05, 0) is 62.9 Å². The van der Waals surface area contributed by atoms with Crippen molar-refractivity contribution >= 4 is 0 Å². The maximum Gasteiger partial charge on any atom is 0.0159 e. The van der Waals surface area contributed by atoms with E-state index in [9.17, 15) is 0 Å². The lowest BCUT2D eigenvalue weighted by molar-refractivity contribution is 0.200. The lowest BCUT2D eigenvalue weighted by Crippen LogP contribution is -2.45. The second kappa shape index (κ2) is 5.92. The first-order valence-electron chi connectivity index (χ1n) is 7.95. The van der Waals surface area contributed by atoms with E-state index in [4.69, 9.17) is 0 Å². The number of hydrogen-bond donors (Lipinski definition) is 1. The van der Waals surface area contributed by atoms with Gasteiger partial charge in [0.05, 0.1) is 0 Å². The van der Waals surface area contributed by atoms with E-state index in [-0.39, 0.29) is 0 Å². The van der Waals surface area contributed by atoms with E-state index in [0.717, 1.165) is 17.9 Å². The predicted molar refractivity (Wildman–Crippen MR) is 78.8 cm³/mol. The molecule has 2 unspecified atom stereocenters. The lowest BCUT2D eigenvalue weighted by Gasteiger charge is -2.33. The summed E-state index contributed by atoms with van der Waals surface area (Å²) in [5.74, 6) is 1.88.